The maximum absolute atomic E-state index is 12.5. The van der Waals surface area contributed by atoms with E-state index in [1.54, 1.807) is 6.92 Å². The van der Waals surface area contributed by atoms with Crippen LogP contribution < -0.4 is 0 Å². The molecule has 0 amide bonds. The van der Waals surface area contributed by atoms with E-state index in [1.807, 2.05) is 42.3 Å². The molecule has 1 aromatic rings. The van der Waals surface area contributed by atoms with E-state index in [2.05, 4.69) is 0 Å². The number of carbonyl (C=O) groups is 2. The molecule has 0 aliphatic carbocycles. The van der Waals surface area contributed by atoms with Gasteiger partial charge in [0, 0.05) is 19.5 Å². The topological polar surface area (TPSA) is 46.6 Å². The van der Waals surface area contributed by atoms with E-state index in [-0.39, 0.29) is 12.4 Å². The normalized spacial score (nSPS) is 24.2. The van der Waals surface area contributed by atoms with Crippen molar-refractivity contribution in [2.45, 2.75) is 18.8 Å². The van der Waals surface area contributed by atoms with Crippen molar-refractivity contribution in [3.8, 4) is 0 Å². The van der Waals surface area contributed by atoms with Gasteiger partial charge in [-0.2, -0.15) is 0 Å². The van der Waals surface area contributed by atoms with Crippen LogP contribution in [-0.2, 0) is 19.7 Å². The molecule has 0 saturated carbocycles. The van der Waals surface area contributed by atoms with Gasteiger partial charge in [0.1, 0.15) is 0 Å². The Hall–Kier alpha value is -1.68. The molecule has 1 saturated heterocycles. The summed E-state index contributed by atoms with van der Waals surface area (Å²) in [7, 11) is 1.92. The number of carbonyl (C=O) groups excluding carboxylic acids is 2. The average Bonchev–Trinajstić information content (AvgIpc) is 2.42. The van der Waals surface area contributed by atoms with Crippen LogP contribution in [0.25, 0.3) is 0 Å². The van der Waals surface area contributed by atoms with Gasteiger partial charge in [0.05, 0.1) is 6.61 Å². The zero-order valence-corrected chi connectivity index (χ0v) is 11.4. The van der Waals surface area contributed by atoms with E-state index in [1.165, 1.54) is 0 Å². The van der Waals surface area contributed by atoms with E-state index in [9.17, 15) is 9.59 Å². The van der Waals surface area contributed by atoms with E-state index in [0.717, 1.165) is 5.56 Å². The first-order valence-electron chi connectivity index (χ1n) is 6.56. The molecule has 4 heteroatoms. The lowest BCUT2D eigenvalue weighted by atomic mass is 9.73. The number of rotatable bonds is 3. The minimum Gasteiger partial charge on any atom is -0.465 e. The smallest absolute Gasteiger partial charge is 0.325 e. The maximum Gasteiger partial charge on any atom is 0.325 e. The highest BCUT2D eigenvalue weighted by Crippen LogP contribution is 2.32. The van der Waals surface area contributed by atoms with Crippen molar-refractivity contribution in [1.29, 1.82) is 0 Å². The zero-order valence-electron chi connectivity index (χ0n) is 11.4. The summed E-state index contributed by atoms with van der Waals surface area (Å²) in [5.74, 6) is -0.479. The highest BCUT2D eigenvalue weighted by molar-refractivity contribution is 6.10. The number of benzene rings is 1. The van der Waals surface area contributed by atoms with Gasteiger partial charge in [-0.15, -0.1) is 0 Å². The van der Waals surface area contributed by atoms with Crippen LogP contribution in [0, 0.1) is 0 Å². The fraction of sp³-hybridized carbons (Fsp3) is 0.467. The Morgan fingerprint density at radius 1 is 1.37 bits per heavy atom. The third kappa shape index (κ3) is 2.40. The van der Waals surface area contributed by atoms with Gasteiger partial charge in [-0.25, -0.2) is 0 Å². The summed E-state index contributed by atoms with van der Waals surface area (Å²) >= 11 is 0. The second kappa shape index (κ2) is 5.53. The summed E-state index contributed by atoms with van der Waals surface area (Å²) in [6, 6.07) is 9.22. The van der Waals surface area contributed by atoms with Gasteiger partial charge < -0.3 is 9.64 Å². The quantitative estimate of drug-likeness (QED) is 0.609. The molecule has 4 nitrogen and oxygen atoms in total. The largest absolute Gasteiger partial charge is 0.465 e. The molecular weight excluding hydrogens is 242 g/mol. The Morgan fingerprint density at radius 2 is 2.05 bits per heavy atom. The first-order valence-corrected chi connectivity index (χ1v) is 6.56. The lowest BCUT2D eigenvalue weighted by Crippen LogP contribution is -2.56. The van der Waals surface area contributed by atoms with Crippen molar-refractivity contribution >= 4 is 11.8 Å². The number of likely N-dealkylation sites (N-methyl/N-ethyl adjacent to an activating group) is 1. The van der Waals surface area contributed by atoms with Crippen molar-refractivity contribution in [2.75, 3.05) is 26.7 Å². The number of ketones is 1. The minimum atomic E-state index is -1.16. The first-order chi connectivity index (χ1) is 9.11. The molecule has 0 spiro atoms. The zero-order chi connectivity index (χ0) is 13.9. The monoisotopic (exact) mass is 261 g/mol. The SMILES string of the molecule is CCOC(=O)C1(c2ccccc2)CN(C)CCC1=O. The van der Waals surface area contributed by atoms with Crippen LogP contribution in [0.5, 0.6) is 0 Å². The van der Waals surface area contributed by atoms with Crippen LogP contribution in [0.1, 0.15) is 18.9 Å². The number of ether oxygens (including phenoxy) is 1. The van der Waals surface area contributed by atoms with Crippen LogP contribution in [-0.4, -0.2) is 43.4 Å². The number of likely N-dealkylation sites (tertiary alicyclic amines) is 1. The Morgan fingerprint density at radius 3 is 2.68 bits per heavy atom. The highest BCUT2D eigenvalue weighted by Gasteiger charge is 2.50. The first kappa shape index (κ1) is 13.7. The fourth-order valence-electron chi connectivity index (χ4n) is 2.60. The van der Waals surface area contributed by atoms with Crippen molar-refractivity contribution in [3.63, 3.8) is 0 Å². The molecule has 1 fully saturated rings. The molecule has 1 atom stereocenters. The van der Waals surface area contributed by atoms with Crippen LogP contribution in [0.3, 0.4) is 0 Å². The molecule has 0 radical (unpaired) electrons. The molecule has 1 unspecified atom stereocenters. The number of hydrogen-bond acceptors (Lipinski definition) is 4. The van der Waals surface area contributed by atoms with Crippen molar-refractivity contribution in [3.05, 3.63) is 35.9 Å². The summed E-state index contributed by atoms with van der Waals surface area (Å²) in [6.45, 7) is 3.11. The van der Waals surface area contributed by atoms with Gasteiger partial charge in [-0.1, -0.05) is 30.3 Å². The van der Waals surface area contributed by atoms with Crippen LogP contribution >= 0.6 is 0 Å². The van der Waals surface area contributed by atoms with E-state index < -0.39 is 11.4 Å². The Bertz CT molecular complexity index is 472. The predicted octanol–water partition coefficient (Wildman–Crippen LogP) is 1.39. The summed E-state index contributed by atoms with van der Waals surface area (Å²) < 4.78 is 5.17. The molecule has 1 heterocycles. The minimum absolute atomic E-state index is 0.0461. The van der Waals surface area contributed by atoms with Crippen molar-refractivity contribution in [2.24, 2.45) is 0 Å². The molecular formula is C15H19NO3. The lowest BCUT2D eigenvalue weighted by molar-refractivity contribution is -0.156. The number of nitrogens with zero attached hydrogens (tertiary/aromatic N) is 1. The Balaban J connectivity index is 2.49. The van der Waals surface area contributed by atoms with E-state index in [4.69, 9.17) is 4.74 Å². The average molecular weight is 261 g/mol. The van der Waals surface area contributed by atoms with Crippen molar-refractivity contribution in [1.82, 2.24) is 4.90 Å². The van der Waals surface area contributed by atoms with Gasteiger partial charge in [-0.3, -0.25) is 9.59 Å². The van der Waals surface area contributed by atoms with Crippen LogP contribution in [0.2, 0.25) is 0 Å². The fourth-order valence-corrected chi connectivity index (χ4v) is 2.60. The summed E-state index contributed by atoms with van der Waals surface area (Å²) in [6.07, 6.45) is 0.379. The molecule has 0 bridgehead atoms. The molecule has 0 N–H and O–H groups in total. The molecule has 0 aromatic heterocycles. The van der Waals surface area contributed by atoms with Crippen LogP contribution in [0.15, 0.2) is 30.3 Å². The molecule has 1 aliphatic rings. The third-order valence-corrected chi connectivity index (χ3v) is 3.59. The number of Topliss-reactive ketones (excluding diaryl/α,β-unsaturated/α-hetero) is 1. The third-order valence-electron chi connectivity index (χ3n) is 3.59. The maximum atomic E-state index is 12.5. The van der Waals surface area contributed by atoms with Crippen LogP contribution in [0.4, 0.5) is 0 Å². The van der Waals surface area contributed by atoms with E-state index >= 15 is 0 Å². The molecule has 1 aliphatic heterocycles. The molecule has 2 rings (SSSR count). The predicted molar refractivity (Wildman–Crippen MR) is 71.9 cm³/mol. The Labute approximate surface area is 113 Å². The Kier molecular flexibility index (Phi) is 4.00. The van der Waals surface area contributed by atoms with Gasteiger partial charge in [0.15, 0.2) is 11.2 Å². The number of esters is 1. The number of piperidine rings is 1. The second-order valence-electron chi connectivity index (χ2n) is 4.90. The molecule has 1 aromatic carbocycles. The highest BCUT2D eigenvalue weighted by atomic mass is 16.5. The lowest BCUT2D eigenvalue weighted by Gasteiger charge is -2.38. The summed E-state index contributed by atoms with van der Waals surface area (Å²) in [5, 5.41) is 0. The second-order valence-corrected chi connectivity index (χ2v) is 4.90. The number of hydrogen-bond donors (Lipinski definition) is 0. The van der Waals surface area contributed by atoms with Crippen molar-refractivity contribution < 1.29 is 14.3 Å². The van der Waals surface area contributed by atoms with E-state index in [0.29, 0.717) is 19.5 Å². The van der Waals surface area contributed by atoms with Gasteiger partial charge in [0.25, 0.3) is 0 Å². The van der Waals surface area contributed by atoms with Gasteiger partial charge >= 0.3 is 5.97 Å². The standard InChI is InChI=1S/C15H19NO3/c1-3-19-14(18)15(12-7-5-4-6-8-12)11-16(2)10-9-13(15)17/h4-8H,3,9-11H2,1-2H3. The van der Waals surface area contributed by atoms with Gasteiger partial charge in [0.2, 0.25) is 0 Å². The summed E-state index contributed by atoms with van der Waals surface area (Å²) in [4.78, 5) is 26.9. The molecule has 102 valence electrons. The van der Waals surface area contributed by atoms with Gasteiger partial charge in [-0.05, 0) is 19.5 Å². The summed E-state index contributed by atoms with van der Waals surface area (Å²) in [5.41, 5.74) is -0.436. The molecule has 19 heavy (non-hydrogen) atoms.